The summed E-state index contributed by atoms with van der Waals surface area (Å²) in [5.41, 5.74) is 18.7. The molecule has 0 bridgehead atoms. The number of hydrogen-bond donors (Lipinski definition) is 12. The average Bonchev–Trinajstić information content (AvgIpc) is 2.29. The van der Waals surface area contributed by atoms with Gasteiger partial charge in [-0.05, 0) is 0 Å². The van der Waals surface area contributed by atoms with Crippen LogP contribution in [-0.4, -0.2) is 45.0 Å². The molecule has 4 amide bonds. The SMILES string of the molecule is NC(=[NH2+])NC(N)=O.NC(=[NH2+])NC(N)=O.O=P([O-])([O-])F.OO.OO. The lowest BCUT2D eigenvalue weighted by atomic mass is 10.9. The van der Waals surface area contributed by atoms with E-state index in [9.17, 15) is 13.8 Å². The first-order valence-electron chi connectivity index (χ1n) is 4.26. The summed E-state index contributed by atoms with van der Waals surface area (Å²) in [6.07, 6.45) is 0. The predicted octanol–water partition coefficient (Wildman–Crippen LogP) is -7.72. The number of nitrogens with one attached hydrogen (secondary N) is 2. The Morgan fingerprint density at radius 2 is 1.00 bits per heavy atom. The van der Waals surface area contributed by atoms with Crippen LogP contribution in [0, 0.1) is 0 Å². The lowest BCUT2D eigenvalue weighted by molar-refractivity contribution is -0.328. The summed E-state index contributed by atoms with van der Waals surface area (Å²) in [7, 11) is -5.64. The minimum atomic E-state index is -5.64. The Labute approximate surface area is 126 Å². The molecule has 0 atom stereocenters. The van der Waals surface area contributed by atoms with Crippen LogP contribution < -0.4 is 54.2 Å². The van der Waals surface area contributed by atoms with Crippen LogP contribution in [0.1, 0.15) is 0 Å². The van der Waals surface area contributed by atoms with Crippen molar-refractivity contribution in [2.75, 3.05) is 0 Å². The van der Waals surface area contributed by atoms with Crippen LogP contribution in [0.2, 0.25) is 0 Å². The van der Waals surface area contributed by atoms with Crippen molar-refractivity contribution >= 4 is 31.9 Å². The highest BCUT2D eigenvalue weighted by molar-refractivity contribution is 7.42. The fourth-order valence-corrected chi connectivity index (χ4v) is 0.285. The van der Waals surface area contributed by atoms with E-state index in [4.69, 9.17) is 57.7 Å². The molecule has 0 aromatic carbocycles. The van der Waals surface area contributed by atoms with Gasteiger partial charge in [-0.3, -0.25) is 43.3 Å². The van der Waals surface area contributed by atoms with Crippen molar-refractivity contribution in [3.05, 3.63) is 0 Å². The third-order valence-electron chi connectivity index (χ3n) is 0.535. The maximum atomic E-state index is 10.1. The van der Waals surface area contributed by atoms with Crippen LogP contribution in [0.15, 0.2) is 0 Å². The molecule has 0 aliphatic rings. The van der Waals surface area contributed by atoms with E-state index in [2.05, 4.69) is 11.5 Å². The lowest BCUT2D eigenvalue weighted by Crippen LogP contribution is -2.57. The summed E-state index contributed by atoms with van der Waals surface area (Å²) in [6.45, 7) is 0. The van der Waals surface area contributed by atoms with Crippen molar-refractivity contribution in [2.45, 2.75) is 0 Å². The number of carbonyl (C=O) groups is 2. The van der Waals surface area contributed by atoms with Crippen molar-refractivity contribution in [3.63, 3.8) is 0 Å². The van der Waals surface area contributed by atoms with Crippen molar-refractivity contribution in [1.29, 1.82) is 0 Å². The first kappa shape index (κ1) is 32.4. The van der Waals surface area contributed by atoms with Gasteiger partial charge in [0, 0.05) is 0 Å². The van der Waals surface area contributed by atoms with E-state index in [1.807, 2.05) is 10.6 Å². The quantitative estimate of drug-likeness (QED) is 0.0622. The highest BCUT2D eigenvalue weighted by Gasteiger charge is 1.97. The molecule has 0 aliphatic heterocycles. The van der Waals surface area contributed by atoms with Crippen LogP contribution in [0.4, 0.5) is 13.8 Å². The van der Waals surface area contributed by atoms with Crippen LogP contribution in [0.25, 0.3) is 0 Å². The zero-order chi connectivity index (χ0) is 20.2. The largest absolute Gasteiger partial charge is 0.786 e. The highest BCUT2D eigenvalue weighted by atomic mass is 31.2. The van der Waals surface area contributed by atoms with Crippen LogP contribution >= 0.6 is 7.91 Å². The Morgan fingerprint density at radius 3 is 1.00 bits per heavy atom. The fraction of sp³-hybridized carbons (Fsp3) is 0. The van der Waals surface area contributed by atoms with Crippen LogP contribution in [-0.2, 0) is 4.57 Å². The number of guanidine groups is 2. The zero-order valence-electron chi connectivity index (χ0n) is 11.1. The van der Waals surface area contributed by atoms with Gasteiger partial charge in [0.25, 0.3) is 0 Å². The number of carbonyl (C=O) groups excluding carboxylic acids is 2. The second-order valence-electron chi connectivity index (χ2n) is 2.32. The van der Waals surface area contributed by atoms with Gasteiger partial charge in [0.1, 0.15) is 7.91 Å². The van der Waals surface area contributed by atoms with Crippen LogP contribution in [0.5, 0.6) is 0 Å². The number of primary amides is 2. The maximum Gasteiger partial charge on any atom is 0.376 e. The smallest absolute Gasteiger partial charge is 0.376 e. The van der Waals surface area contributed by atoms with Crippen LogP contribution in [0.3, 0.4) is 0 Å². The highest BCUT2D eigenvalue weighted by Crippen LogP contribution is 2.22. The molecule has 0 spiro atoms. The number of halogens is 1. The maximum absolute atomic E-state index is 10.1. The lowest BCUT2D eigenvalue weighted by Gasteiger charge is -2.15. The molecule has 0 saturated heterocycles. The van der Waals surface area contributed by atoms with Gasteiger partial charge in [0.2, 0.25) is 0 Å². The van der Waals surface area contributed by atoms with Crippen molar-refractivity contribution < 1.29 is 60.0 Å². The van der Waals surface area contributed by atoms with Gasteiger partial charge in [0.05, 0.1) is 0 Å². The molecular formula is C4H18FN8O9P. The van der Waals surface area contributed by atoms with Crippen molar-refractivity contribution in [3.8, 4) is 0 Å². The molecule has 0 heterocycles. The molecular weight excluding hydrogens is 354 g/mol. The van der Waals surface area contributed by atoms with Gasteiger partial charge < -0.3 is 25.8 Å². The van der Waals surface area contributed by atoms with Gasteiger partial charge in [-0.2, -0.15) is 10.6 Å². The van der Waals surface area contributed by atoms with Gasteiger partial charge in [-0.1, -0.05) is 0 Å². The molecule has 0 radical (unpaired) electrons. The second kappa shape index (κ2) is 21.7. The molecule has 0 rings (SSSR count). The van der Waals surface area contributed by atoms with E-state index in [1.165, 1.54) is 0 Å². The molecule has 0 aromatic rings. The zero-order valence-corrected chi connectivity index (χ0v) is 12.0. The molecule has 23 heavy (non-hydrogen) atoms. The number of hydrogen-bond acceptors (Lipinski definition) is 9. The number of urea groups is 2. The third-order valence-corrected chi connectivity index (χ3v) is 0.535. The average molecular weight is 372 g/mol. The van der Waals surface area contributed by atoms with Crippen molar-refractivity contribution in [1.82, 2.24) is 10.6 Å². The number of nitrogens with two attached hydrogens (primary N) is 6. The minimum Gasteiger partial charge on any atom is -0.786 e. The molecule has 18 N–H and O–H groups in total. The molecule has 140 valence electrons. The van der Waals surface area contributed by atoms with Gasteiger partial charge in [-0.15, -0.1) is 0 Å². The minimum absolute atomic E-state index is 0.187. The first-order valence-corrected chi connectivity index (χ1v) is 5.69. The Morgan fingerprint density at radius 1 is 0.870 bits per heavy atom. The van der Waals surface area contributed by atoms with Crippen molar-refractivity contribution in [2.24, 2.45) is 22.9 Å². The summed E-state index contributed by atoms with van der Waals surface area (Å²) in [4.78, 5) is 36.4. The monoisotopic (exact) mass is 372 g/mol. The van der Waals surface area contributed by atoms with Gasteiger partial charge in [0.15, 0.2) is 0 Å². The summed E-state index contributed by atoms with van der Waals surface area (Å²) in [6, 6.07) is -1.50. The predicted molar refractivity (Wildman–Crippen MR) is 66.9 cm³/mol. The molecule has 0 aliphatic carbocycles. The van der Waals surface area contributed by atoms with E-state index in [-0.39, 0.29) is 11.9 Å². The molecule has 19 heteroatoms. The molecule has 0 saturated carbocycles. The summed E-state index contributed by atoms with van der Waals surface area (Å²) < 4.78 is 18.6. The summed E-state index contributed by atoms with van der Waals surface area (Å²) in [5, 5.41) is 37.4. The third kappa shape index (κ3) is 201. The second-order valence-corrected chi connectivity index (χ2v) is 3.18. The number of rotatable bonds is 0. The Bertz CT molecular complexity index is 329. The molecule has 0 fully saturated rings. The van der Waals surface area contributed by atoms with E-state index in [0.29, 0.717) is 0 Å². The first-order chi connectivity index (χ1) is 10.3. The molecule has 0 unspecified atom stereocenters. The number of amides is 4. The topological polar surface area (TPSA) is 358 Å². The standard InChI is InChI=1S/2C2H6N4O.FH2O3P.2H2O2/c2*3-1(4)6-2(5)7;1-5(2,3)4;2*1-2/h2*(H6,3,4,5,6,7);(H2,2,3,4);2*1-2H. The van der Waals surface area contributed by atoms with E-state index in [0.717, 1.165) is 0 Å². The van der Waals surface area contributed by atoms with Gasteiger partial charge >= 0.3 is 24.0 Å². The summed E-state index contributed by atoms with van der Waals surface area (Å²) in [5.74, 6) is -0.375. The fourth-order valence-electron chi connectivity index (χ4n) is 0.285. The Hall–Kier alpha value is -2.60. The van der Waals surface area contributed by atoms with E-state index in [1.54, 1.807) is 0 Å². The Balaban J connectivity index is -0.0000000640. The summed E-state index contributed by atoms with van der Waals surface area (Å²) >= 11 is 0. The Kier molecular flexibility index (Phi) is 30.5. The molecule has 17 nitrogen and oxygen atoms in total. The van der Waals surface area contributed by atoms with E-state index >= 15 is 0 Å². The van der Waals surface area contributed by atoms with Gasteiger partial charge in [-0.25, -0.2) is 13.8 Å². The molecule has 0 aromatic heterocycles. The van der Waals surface area contributed by atoms with E-state index < -0.39 is 20.0 Å². The normalized spacial score (nSPS) is 7.61.